The number of benzene rings is 1. The fourth-order valence-electron chi connectivity index (χ4n) is 1.46. The summed E-state index contributed by atoms with van der Waals surface area (Å²) in [5, 5.41) is 7.87. The molecule has 0 aliphatic rings. The Labute approximate surface area is 103 Å². The highest BCUT2D eigenvalue weighted by Gasteiger charge is 2.06. The van der Waals surface area contributed by atoms with E-state index >= 15 is 0 Å². The van der Waals surface area contributed by atoms with Crippen LogP contribution >= 0.6 is 23.1 Å². The van der Waals surface area contributed by atoms with Crippen molar-refractivity contribution in [1.82, 2.24) is 10.2 Å². The van der Waals surface area contributed by atoms with Crippen molar-refractivity contribution in [3.8, 4) is 0 Å². The minimum absolute atomic E-state index is 0.674. The fourth-order valence-corrected chi connectivity index (χ4v) is 3.03. The summed E-state index contributed by atoms with van der Waals surface area (Å²) in [6.45, 7) is 2.77. The average molecular weight is 251 g/mol. The molecule has 84 valence electrons. The van der Waals surface area contributed by atoms with E-state index in [-0.39, 0.29) is 0 Å². The molecule has 0 spiro atoms. The quantitative estimate of drug-likeness (QED) is 0.907. The Morgan fingerprint density at radius 2 is 2.31 bits per heavy atom. The van der Waals surface area contributed by atoms with Crippen molar-refractivity contribution in [2.24, 2.45) is 5.73 Å². The Kier molecular flexibility index (Phi) is 3.93. The van der Waals surface area contributed by atoms with Crippen LogP contribution in [-0.2, 0) is 6.42 Å². The molecule has 3 nitrogen and oxygen atoms in total. The molecule has 1 aromatic carbocycles. The van der Waals surface area contributed by atoms with Crippen LogP contribution in [0.25, 0.3) is 0 Å². The zero-order chi connectivity index (χ0) is 11.4. The first kappa shape index (κ1) is 11.6. The third-order valence-electron chi connectivity index (χ3n) is 2.17. The fraction of sp³-hybridized carbons (Fsp3) is 0.273. The normalized spacial score (nSPS) is 10.6. The van der Waals surface area contributed by atoms with Crippen LogP contribution in [0.2, 0.25) is 0 Å². The molecule has 0 radical (unpaired) electrons. The van der Waals surface area contributed by atoms with E-state index in [1.165, 1.54) is 16.0 Å². The van der Waals surface area contributed by atoms with E-state index in [1.807, 2.05) is 0 Å². The monoisotopic (exact) mass is 251 g/mol. The second-order valence-electron chi connectivity index (χ2n) is 3.46. The maximum atomic E-state index is 5.62. The zero-order valence-corrected chi connectivity index (χ0v) is 10.6. The Bertz CT molecular complexity index is 454. The second-order valence-corrected chi connectivity index (χ2v) is 5.58. The molecule has 0 fully saturated rings. The molecule has 2 N–H and O–H groups in total. The topological polar surface area (TPSA) is 51.8 Å². The molecule has 0 unspecified atom stereocenters. The summed E-state index contributed by atoms with van der Waals surface area (Å²) in [5.74, 6) is 0. The lowest BCUT2D eigenvalue weighted by Gasteiger charge is -2.07. The van der Waals surface area contributed by atoms with E-state index in [1.54, 1.807) is 28.6 Å². The molecule has 1 heterocycles. The third-order valence-corrected chi connectivity index (χ3v) is 4.06. The van der Waals surface area contributed by atoms with Gasteiger partial charge in [-0.05, 0) is 31.5 Å². The van der Waals surface area contributed by atoms with Crippen LogP contribution in [0.1, 0.15) is 11.1 Å². The van der Waals surface area contributed by atoms with Gasteiger partial charge in [0.15, 0.2) is 4.34 Å². The molecule has 2 aromatic rings. The van der Waals surface area contributed by atoms with Gasteiger partial charge in [-0.25, -0.2) is 0 Å². The summed E-state index contributed by atoms with van der Waals surface area (Å²) >= 11 is 3.22. The summed E-state index contributed by atoms with van der Waals surface area (Å²) in [5.41, 5.74) is 9.93. The predicted molar refractivity (Wildman–Crippen MR) is 68.0 cm³/mol. The largest absolute Gasteiger partial charge is 0.330 e. The average Bonchev–Trinajstić information content (AvgIpc) is 2.75. The van der Waals surface area contributed by atoms with Gasteiger partial charge in [0.1, 0.15) is 5.51 Å². The standard InChI is InChI=1S/C11H13N3S2/c1-8-2-3-10(9(6-8)4-5-12)16-11-14-13-7-15-11/h2-3,6-7H,4-5,12H2,1H3. The van der Waals surface area contributed by atoms with Crippen molar-refractivity contribution < 1.29 is 0 Å². The summed E-state index contributed by atoms with van der Waals surface area (Å²) < 4.78 is 0.974. The molecule has 1 aromatic heterocycles. The molecule has 5 heteroatoms. The predicted octanol–water partition coefficient (Wildman–Crippen LogP) is 2.50. The van der Waals surface area contributed by atoms with Crippen molar-refractivity contribution in [3.63, 3.8) is 0 Å². The van der Waals surface area contributed by atoms with E-state index < -0.39 is 0 Å². The molecule has 0 bridgehead atoms. The van der Waals surface area contributed by atoms with Gasteiger partial charge in [0.05, 0.1) is 0 Å². The van der Waals surface area contributed by atoms with Crippen LogP contribution in [-0.4, -0.2) is 16.7 Å². The summed E-state index contributed by atoms with van der Waals surface area (Å²) in [4.78, 5) is 1.23. The zero-order valence-electron chi connectivity index (χ0n) is 9.01. The maximum absolute atomic E-state index is 5.62. The van der Waals surface area contributed by atoms with Gasteiger partial charge in [-0.3, -0.25) is 0 Å². The number of rotatable bonds is 4. The van der Waals surface area contributed by atoms with Gasteiger partial charge in [-0.1, -0.05) is 40.8 Å². The van der Waals surface area contributed by atoms with Gasteiger partial charge in [-0.2, -0.15) is 0 Å². The van der Waals surface area contributed by atoms with Crippen molar-refractivity contribution in [1.29, 1.82) is 0 Å². The molecule has 0 saturated carbocycles. The molecule has 2 rings (SSSR count). The number of hydrogen-bond acceptors (Lipinski definition) is 5. The highest BCUT2D eigenvalue weighted by Crippen LogP contribution is 2.31. The van der Waals surface area contributed by atoms with Gasteiger partial charge >= 0.3 is 0 Å². The Morgan fingerprint density at radius 1 is 1.44 bits per heavy atom. The van der Waals surface area contributed by atoms with Crippen molar-refractivity contribution in [2.45, 2.75) is 22.6 Å². The maximum Gasteiger partial charge on any atom is 0.178 e. The Morgan fingerprint density at radius 3 is 3.00 bits per heavy atom. The van der Waals surface area contributed by atoms with Gasteiger partial charge in [-0.15, -0.1) is 10.2 Å². The number of aryl methyl sites for hydroxylation is 1. The van der Waals surface area contributed by atoms with Crippen molar-refractivity contribution in [3.05, 3.63) is 34.8 Å². The smallest absolute Gasteiger partial charge is 0.178 e. The van der Waals surface area contributed by atoms with Crippen molar-refractivity contribution in [2.75, 3.05) is 6.54 Å². The van der Waals surface area contributed by atoms with Gasteiger partial charge in [0.25, 0.3) is 0 Å². The van der Waals surface area contributed by atoms with Crippen LogP contribution in [0, 0.1) is 6.92 Å². The highest BCUT2D eigenvalue weighted by atomic mass is 32.2. The minimum Gasteiger partial charge on any atom is -0.330 e. The number of hydrogen-bond donors (Lipinski definition) is 1. The van der Waals surface area contributed by atoms with Gasteiger partial charge in [0.2, 0.25) is 0 Å². The summed E-state index contributed by atoms with van der Waals surface area (Å²) in [6, 6.07) is 6.44. The number of aromatic nitrogens is 2. The van der Waals surface area contributed by atoms with E-state index in [4.69, 9.17) is 5.73 Å². The molecular weight excluding hydrogens is 238 g/mol. The number of nitrogens with zero attached hydrogens (tertiary/aromatic N) is 2. The minimum atomic E-state index is 0.674. The summed E-state index contributed by atoms with van der Waals surface area (Å²) in [7, 11) is 0. The Balaban J connectivity index is 2.25. The third kappa shape index (κ3) is 2.81. The highest BCUT2D eigenvalue weighted by molar-refractivity contribution is 8.01. The molecule has 16 heavy (non-hydrogen) atoms. The van der Waals surface area contributed by atoms with E-state index in [0.717, 1.165) is 10.8 Å². The SMILES string of the molecule is Cc1ccc(Sc2nncs2)c(CCN)c1. The van der Waals surface area contributed by atoms with E-state index in [0.29, 0.717) is 6.54 Å². The molecule has 0 aliphatic carbocycles. The first-order valence-electron chi connectivity index (χ1n) is 5.03. The van der Waals surface area contributed by atoms with Crippen LogP contribution in [0.3, 0.4) is 0 Å². The van der Waals surface area contributed by atoms with Crippen molar-refractivity contribution >= 4 is 23.1 Å². The summed E-state index contributed by atoms with van der Waals surface area (Å²) in [6.07, 6.45) is 0.906. The molecular formula is C11H13N3S2. The van der Waals surface area contributed by atoms with Crippen LogP contribution < -0.4 is 5.73 Å². The van der Waals surface area contributed by atoms with E-state index in [9.17, 15) is 0 Å². The molecule has 0 saturated heterocycles. The van der Waals surface area contributed by atoms with Crippen LogP contribution in [0.4, 0.5) is 0 Å². The second kappa shape index (κ2) is 5.43. The van der Waals surface area contributed by atoms with E-state index in [2.05, 4.69) is 35.3 Å². The van der Waals surface area contributed by atoms with Crippen LogP contribution in [0.15, 0.2) is 32.9 Å². The van der Waals surface area contributed by atoms with Gasteiger partial charge in [0, 0.05) is 4.90 Å². The number of nitrogens with two attached hydrogens (primary N) is 1. The molecule has 0 aliphatic heterocycles. The lowest BCUT2D eigenvalue weighted by Crippen LogP contribution is -2.03. The van der Waals surface area contributed by atoms with Gasteiger partial charge < -0.3 is 5.73 Å². The first-order chi connectivity index (χ1) is 7.79. The molecule has 0 amide bonds. The lowest BCUT2D eigenvalue weighted by molar-refractivity contribution is 0.940. The molecule has 0 atom stereocenters. The Hall–Kier alpha value is -0.910. The lowest BCUT2D eigenvalue weighted by atomic mass is 10.1. The van der Waals surface area contributed by atoms with Crippen LogP contribution in [0.5, 0.6) is 0 Å². The first-order valence-corrected chi connectivity index (χ1v) is 6.73.